The molecule has 6 nitrogen and oxygen atoms in total. The fraction of sp³-hybridized carbons (Fsp3) is 0.444. The fourth-order valence-corrected chi connectivity index (χ4v) is 2.26. The van der Waals surface area contributed by atoms with E-state index in [1.165, 1.54) is 5.56 Å². The Balaban J connectivity index is 1.87. The second kappa shape index (κ2) is 8.96. The number of ether oxygens (including phenoxy) is 1. The highest BCUT2D eigenvalue weighted by Crippen LogP contribution is 2.13. The van der Waals surface area contributed by atoms with Crippen LogP contribution in [0.15, 0.2) is 41.5 Å². The standard InChI is InChI=1S/C18H27N5O/c1-5-19-18(21-13-16-9-10-22-23(16)4)20-12-15(3)24-17-8-6-7-14(2)11-17/h6-11,15H,5,12-13H2,1-4H3,(H2,19,20,21). The summed E-state index contributed by atoms with van der Waals surface area (Å²) >= 11 is 0. The van der Waals surface area contributed by atoms with E-state index in [1.807, 2.05) is 49.8 Å². The molecule has 1 aromatic heterocycles. The van der Waals surface area contributed by atoms with Crippen molar-refractivity contribution in [2.75, 3.05) is 13.1 Å². The highest BCUT2D eigenvalue weighted by atomic mass is 16.5. The van der Waals surface area contributed by atoms with Gasteiger partial charge in [-0.05, 0) is 44.5 Å². The molecular formula is C18H27N5O. The summed E-state index contributed by atoms with van der Waals surface area (Å²) in [6, 6.07) is 10.0. The molecule has 1 heterocycles. The SMILES string of the molecule is CCNC(=NCc1ccnn1C)NCC(C)Oc1cccc(C)c1. The number of hydrogen-bond acceptors (Lipinski definition) is 3. The van der Waals surface area contributed by atoms with Gasteiger partial charge in [-0.2, -0.15) is 5.10 Å². The van der Waals surface area contributed by atoms with E-state index in [4.69, 9.17) is 4.74 Å². The Morgan fingerprint density at radius 2 is 2.17 bits per heavy atom. The summed E-state index contributed by atoms with van der Waals surface area (Å²) in [6.07, 6.45) is 1.82. The maximum atomic E-state index is 5.93. The Bertz CT molecular complexity index is 665. The molecule has 0 saturated carbocycles. The van der Waals surface area contributed by atoms with Gasteiger partial charge in [0.15, 0.2) is 5.96 Å². The molecule has 24 heavy (non-hydrogen) atoms. The molecule has 2 aromatic rings. The molecule has 6 heteroatoms. The van der Waals surface area contributed by atoms with E-state index in [9.17, 15) is 0 Å². The van der Waals surface area contributed by atoms with E-state index in [0.717, 1.165) is 23.9 Å². The molecule has 130 valence electrons. The molecule has 0 radical (unpaired) electrons. The first kappa shape index (κ1) is 17.8. The van der Waals surface area contributed by atoms with Gasteiger partial charge in [-0.25, -0.2) is 4.99 Å². The van der Waals surface area contributed by atoms with Crippen LogP contribution >= 0.6 is 0 Å². The van der Waals surface area contributed by atoms with Gasteiger partial charge in [0, 0.05) is 19.8 Å². The lowest BCUT2D eigenvalue weighted by Crippen LogP contribution is -2.41. The molecule has 1 aromatic carbocycles. The van der Waals surface area contributed by atoms with Gasteiger partial charge in [0.25, 0.3) is 0 Å². The van der Waals surface area contributed by atoms with Gasteiger partial charge in [0.05, 0.1) is 18.8 Å². The van der Waals surface area contributed by atoms with Gasteiger partial charge < -0.3 is 15.4 Å². The van der Waals surface area contributed by atoms with E-state index < -0.39 is 0 Å². The largest absolute Gasteiger partial charge is 0.489 e. The second-order valence-corrected chi connectivity index (χ2v) is 5.77. The van der Waals surface area contributed by atoms with Crippen molar-refractivity contribution in [3.8, 4) is 5.75 Å². The van der Waals surface area contributed by atoms with Crippen LogP contribution in [0.25, 0.3) is 0 Å². The summed E-state index contributed by atoms with van der Waals surface area (Å²) in [7, 11) is 1.92. The molecule has 0 bridgehead atoms. The summed E-state index contributed by atoms with van der Waals surface area (Å²) in [5.41, 5.74) is 2.26. The molecule has 0 amide bonds. The van der Waals surface area contributed by atoms with Crippen LogP contribution in [0.2, 0.25) is 0 Å². The summed E-state index contributed by atoms with van der Waals surface area (Å²) < 4.78 is 7.76. The van der Waals surface area contributed by atoms with E-state index in [2.05, 4.69) is 33.7 Å². The molecule has 0 aliphatic rings. The van der Waals surface area contributed by atoms with E-state index in [1.54, 1.807) is 6.20 Å². The Labute approximate surface area is 143 Å². The molecule has 0 fully saturated rings. The Hall–Kier alpha value is -2.50. The van der Waals surface area contributed by atoms with Crippen molar-refractivity contribution >= 4 is 5.96 Å². The molecule has 0 spiro atoms. The van der Waals surface area contributed by atoms with Gasteiger partial charge >= 0.3 is 0 Å². The molecule has 0 saturated heterocycles. The van der Waals surface area contributed by atoms with Crippen molar-refractivity contribution in [3.63, 3.8) is 0 Å². The number of benzene rings is 1. The van der Waals surface area contributed by atoms with Crippen LogP contribution in [0.3, 0.4) is 0 Å². The van der Waals surface area contributed by atoms with Crippen LogP contribution in [-0.2, 0) is 13.6 Å². The Kier molecular flexibility index (Phi) is 6.66. The monoisotopic (exact) mass is 329 g/mol. The minimum Gasteiger partial charge on any atom is -0.489 e. The molecule has 1 unspecified atom stereocenters. The first-order chi connectivity index (χ1) is 11.6. The third-order valence-electron chi connectivity index (χ3n) is 3.55. The summed E-state index contributed by atoms with van der Waals surface area (Å²) in [5, 5.41) is 10.7. The van der Waals surface area contributed by atoms with Gasteiger partial charge in [0.2, 0.25) is 0 Å². The van der Waals surface area contributed by atoms with Crippen molar-refractivity contribution in [2.24, 2.45) is 12.0 Å². The number of rotatable bonds is 7. The number of nitrogens with zero attached hydrogens (tertiary/aromatic N) is 3. The quantitative estimate of drug-likeness (QED) is 0.604. The zero-order valence-corrected chi connectivity index (χ0v) is 14.9. The van der Waals surface area contributed by atoms with Crippen LogP contribution in [-0.4, -0.2) is 34.9 Å². The summed E-state index contributed by atoms with van der Waals surface area (Å²) in [4.78, 5) is 4.59. The van der Waals surface area contributed by atoms with Crippen LogP contribution in [0, 0.1) is 6.92 Å². The number of aryl methyl sites for hydroxylation is 2. The minimum absolute atomic E-state index is 0.0346. The maximum absolute atomic E-state index is 5.93. The number of aromatic nitrogens is 2. The third kappa shape index (κ3) is 5.61. The predicted octanol–water partition coefficient (Wildman–Crippen LogP) is 2.25. The van der Waals surface area contributed by atoms with Crippen molar-refractivity contribution < 1.29 is 4.74 Å². The average Bonchev–Trinajstić information content (AvgIpc) is 2.95. The van der Waals surface area contributed by atoms with E-state index in [0.29, 0.717) is 13.1 Å². The molecular weight excluding hydrogens is 302 g/mol. The Morgan fingerprint density at radius 3 is 2.83 bits per heavy atom. The zero-order valence-electron chi connectivity index (χ0n) is 14.9. The van der Waals surface area contributed by atoms with Crippen LogP contribution in [0.1, 0.15) is 25.1 Å². The van der Waals surface area contributed by atoms with Crippen LogP contribution < -0.4 is 15.4 Å². The minimum atomic E-state index is 0.0346. The first-order valence-electron chi connectivity index (χ1n) is 8.31. The number of hydrogen-bond donors (Lipinski definition) is 2. The lowest BCUT2D eigenvalue weighted by atomic mass is 10.2. The number of guanidine groups is 1. The smallest absolute Gasteiger partial charge is 0.191 e. The van der Waals surface area contributed by atoms with Crippen LogP contribution in [0.5, 0.6) is 5.75 Å². The van der Waals surface area contributed by atoms with Gasteiger partial charge in [-0.15, -0.1) is 0 Å². The molecule has 2 rings (SSSR count). The van der Waals surface area contributed by atoms with E-state index >= 15 is 0 Å². The van der Waals surface area contributed by atoms with Gasteiger partial charge in [0.1, 0.15) is 11.9 Å². The predicted molar refractivity (Wildman–Crippen MR) is 97.3 cm³/mol. The number of aliphatic imine (C=N–C) groups is 1. The second-order valence-electron chi connectivity index (χ2n) is 5.77. The fourth-order valence-electron chi connectivity index (χ4n) is 2.26. The van der Waals surface area contributed by atoms with Crippen molar-refractivity contribution in [1.82, 2.24) is 20.4 Å². The number of nitrogens with one attached hydrogen (secondary N) is 2. The molecule has 0 aliphatic carbocycles. The van der Waals surface area contributed by atoms with Gasteiger partial charge in [-0.1, -0.05) is 12.1 Å². The topological polar surface area (TPSA) is 63.5 Å². The van der Waals surface area contributed by atoms with Gasteiger partial charge in [-0.3, -0.25) is 4.68 Å². The Morgan fingerprint density at radius 1 is 1.33 bits per heavy atom. The van der Waals surface area contributed by atoms with E-state index in [-0.39, 0.29) is 6.10 Å². The zero-order chi connectivity index (χ0) is 17.4. The highest BCUT2D eigenvalue weighted by molar-refractivity contribution is 5.79. The molecule has 0 aliphatic heterocycles. The molecule has 1 atom stereocenters. The van der Waals surface area contributed by atoms with Crippen molar-refractivity contribution in [1.29, 1.82) is 0 Å². The molecule has 2 N–H and O–H groups in total. The lowest BCUT2D eigenvalue weighted by molar-refractivity contribution is 0.223. The summed E-state index contributed by atoms with van der Waals surface area (Å²) in [6.45, 7) is 8.21. The first-order valence-corrected chi connectivity index (χ1v) is 8.31. The lowest BCUT2D eigenvalue weighted by Gasteiger charge is -2.18. The normalized spacial score (nSPS) is 12.8. The summed E-state index contributed by atoms with van der Waals surface area (Å²) in [5.74, 6) is 1.67. The maximum Gasteiger partial charge on any atom is 0.191 e. The van der Waals surface area contributed by atoms with Crippen molar-refractivity contribution in [2.45, 2.75) is 33.4 Å². The third-order valence-corrected chi connectivity index (χ3v) is 3.55. The average molecular weight is 329 g/mol. The van der Waals surface area contributed by atoms with Crippen LogP contribution in [0.4, 0.5) is 0 Å². The van der Waals surface area contributed by atoms with Crippen molar-refractivity contribution in [3.05, 3.63) is 47.8 Å². The highest BCUT2D eigenvalue weighted by Gasteiger charge is 2.06.